The molecule has 150 valence electrons. The Hall–Kier alpha value is -2.83. The van der Waals surface area contributed by atoms with Gasteiger partial charge in [0.15, 0.2) is 6.61 Å². The quantitative estimate of drug-likeness (QED) is 0.705. The van der Waals surface area contributed by atoms with Gasteiger partial charge in [-0.2, -0.15) is 4.98 Å². The summed E-state index contributed by atoms with van der Waals surface area (Å²) < 4.78 is 11.3. The van der Waals surface area contributed by atoms with Gasteiger partial charge in [0.1, 0.15) is 24.0 Å². The van der Waals surface area contributed by atoms with Crippen LogP contribution in [0.4, 0.5) is 5.82 Å². The first-order chi connectivity index (χ1) is 13.6. The largest absolute Gasteiger partial charge is 0.484 e. The predicted octanol–water partition coefficient (Wildman–Crippen LogP) is 2.66. The molecule has 7 nitrogen and oxygen atoms in total. The standard InChI is InChI=1S/C21H28N4O3/c1-16-8-4-5-9-18(16)28-15-20(26)22-10-13-27-21-14-19(23-17(2)24-21)25-11-6-3-7-12-25/h4-5,8-9,14H,3,6-7,10-13,15H2,1-2H3,(H,22,26). The van der Waals surface area contributed by atoms with E-state index in [1.807, 2.05) is 44.2 Å². The van der Waals surface area contributed by atoms with Gasteiger partial charge in [0, 0.05) is 19.2 Å². The van der Waals surface area contributed by atoms with Crippen LogP contribution in [-0.4, -0.2) is 48.7 Å². The van der Waals surface area contributed by atoms with Crippen LogP contribution in [0.25, 0.3) is 0 Å². The van der Waals surface area contributed by atoms with Gasteiger partial charge in [-0.1, -0.05) is 18.2 Å². The lowest BCUT2D eigenvalue weighted by atomic mass is 10.1. The van der Waals surface area contributed by atoms with E-state index in [1.54, 1.807) is 0 Å². The Labute approximate surface area is 166 Å². The van der Waals surface area contributed by atoms with Gasteiger partial charge in [-0.3, -0.25) is 4.79 Å². The molecule has 1 fully saturated rings. The fourth-order valence-corrected chi connectivity index (χ4v) is 3.14. The first-order valence-electron chi connectivity index (χ1n) is 9.80. The van der Waals surface area contributed by atoms with E-state index < -0.39 is 0 Å². The highest BCUT2D eigenvalue weighted by Gasteiger charge is 2.14. The molecule has 0 bridgehead atoms. The number of benzene rings is 1. The number of aromatic nitrogens is 2. The maximum absolute atomic E-state index is 11.9. The molecule has 1 aromatic carbocycles. The summed E-state index contributed by atoms with van der Waals surface area (Å²) in [7, 11) is 0. The number of nitrogens with one attached hydrogen (secondary N) is 1. The van der Waals surface area contributed by atoms with Gasteiger partial charge in [-0.15, -0.1) is 0 Å². The molecule has 3 rings (SSSR count). The van der Waals surface area contributed by atoms with Crippen molar-refractivity contribution in [3.05, 3.63) is 41.7 Å². The number of carbonyl (C=O) groups excluding carboxylic acids is 1. The minimum atomic E-state index is -0.181. The second-order valence-electron chi connectivity index (χ2n) is 6.91. The smallest absolute Gasteiger partial charge is 0.258 e. The number of amides is 1. The lowest BCUT2D eigenvalue weighted by Crippen LogP contribution is -2.32. The second-order valence-corrected chi connectivity index (χ2v) is 6.91. The number of piperidine rings is 1. The SMILES string of the molecule is Cc1nc(OCCNC(=O)COc2ccccc2C)cc(N2CCCCC2)n1. The minimum absolute atomic E-state index is 0.0173. The molecule has 7 heteroatoms. The Kier molecular flexibility index (Phi) is 7.06. The zero-order valence-electron chi connectivity index (χ0n) is 16.6. The molecule has 2 aromatic rings. The summed E-state index contributed by atoms with van der Waals surface area (Å²) in [6, 6.07) is 9.49. The van der Waals surface area contributed by atoms with Crippen LogP contribution in [-0.2, 0) is 4.79 Å². The Morgan fingerprint density at radius 2 is 1.89 bits per heavy atom. The van der Waals surface area contributed by atoms with Crippen molar-refractivity contribution in [2.75, 3.05) is 37.7 Å². The van der Waals surface area contributed by atoms with Crippen LogP contribution in [0, 0.1) is 13.8 Å². The number of hydrogen-bond acceptors (Lipinski definition) is 6. The van der Waals surface area contributed by atoms with Crippen molar-refractivity contribution < 1.29 is 14.3 Å². The Morgan fingerprint density at radius 1 is 1.11 bits per heavy atom. The van der Waals surface area contributed by atoms with Gasteiger partial charge < -0.3 is 19.7 Å². The second kappa shape index (κ2) is 9.92. The monoisotopic (exact) mass is 384 g/mol. The molecule has 0 unspecified atom stereocenters. The predicted molar refractivity (Wildman–Crippen MR) is 108 cm³/mol. The number of ether oxygens (including phenoxy) is 2. The number of carbonyl (C=O) groups is 1. The van der Waals surface area contributed by atoms with E-state index >= 15 is 0 Å². The molecule has 0 radical (unpaired) electrons. The average molecular weight is 384 g/mol. The van der Waals surface area contributed by atoms with Gasteiger partial charge in [-0.05, 0) is 44.7 Å². The molecule has 0 atom stereocenters. The number of para-hydroxylation sites is 1. The Bertz CT molecular complexity index is 791. The van der Waals surface area contributed by atoms with E-state index in [-0.39, 0.29) is 12.5 Å². The molecule has 2 heterocycles. The van der Waals surface area contributed by atoms with E-state index in [1.165, 1.54) is 19.3 Å². The van der Waals surface area contributed by atoms with Crippen molar-refractivity contribution in [3.63, 3.8) is 0 Å². The van der Waals surface area contributed by atoms with Gasteiger partial charge in [-0.25, -0.2) is 4.98 Å². The molecular weight excluding hydrogens is 356 g/mol. The molecule has 1 aromatic heterocycles. The highest BCUT2D eigenvalue weighted by Crippen LogP contribution is 2.21. The number of rotatable bonds is 8. The van der Waals surface area contributed by atoms with Crippen molar-refractivity contribution in [1.29, 1.82) is 0 Å². The summed E-state index contributed by atoms with van der Waals surface area (Å²) in [5.74, 6) is 2.68. The lowest BCUT2D eigenvalue weighted by molar-refractivity contribution is -0.123. The van der Waals surface area contributed by atoms with Gasteiger partial charge >= 0.3 is 0 Å². The maximum Gasteiger partial charge on any atom is 0.258 e. The molecule has 0 saturated carbocycles. The Balaban J connectivity index is 1.41. The molecule has 0 aliphatic carbocycles. The summed E-state index contributed by atoms with van der Waals surface area (Å²) in [5, 5.41) is 2.79. The van der Waals surface area contributed by atoms with Gasteiger partial charge in [0.25, 0.3) is 5.91 Å². The third-order valence-electron chi connectivity index (χ3n) is 4.61. The van der Waals surface area contributed by atoms with Crippen LogP contribution < -0.4 is 19.7 Å². The molecular formula is C21H28N4O3. The lowest BCUT2D eigenvalue weighted by Gasteiger charge is -2.28. The van der Waals surface area contributed by atoms with Crippen molar-refractivity contribution in [2.24, 2.45) is 0 Å². The van der Waals surface area contributed by atoms with Crippen LogP contribution in [0.15, 0.2) is 30.3 Å². The normalized spacial score (nSPS) is 13.9. The molecule has 1 amide bonds. The molecule has 1 N–H and O–H groups in total. The number of hydrogen-bond donors (Lipinski definition) is 1. The van der Waals surface area contributed by atoms with Crippen LogP contribution in [0.1, 0.15) is 30.7 Å². The zero-order chi connectivity index (χ0) is 19.8. The molecule has 1 saturated heterocycles. The maximum atomic E-state index is 11.9. The highest BCUT2D eigenvalue weighted by atomic mass is 16.5. The molecule has 28 heavy (non-hydrogen) atoms. The van der Waals surface area contributed by atoms with E-state index in [0.717, 1.165) is 30.2 Å². The summed E-state index contributed by atoms with van der Waals surface area (Å²) in [4.78, 5) is 23.1. The van der Waals surface area contributed by atoms with Gasteiger partial charge in [0.05, 0.1) is 6.54 Å². The van der Waals surface area contributed by atoms with E-state index in [9.17, 15) is 4.79 Å². The number of aryl methyl sites for hydroxylation is 2. The summed E-state index contributed by atoms with van der Waals surface area (Å²) in [6.07, 6.45) is 3.66. The minimum Gasteiger partial charge on any atom is -0.484 e. The third-order valence-corrected chi connectivity index (χ3v) is 4.61. The third kappa shape index (κ3) is 5.84. The van der Waals surface area contributed by atoms with E-state index in [0.29, 0.717) is 24.9 Å². The fourth-order valence-electron chi connectivity index (χ4n) is 3.14. The summed E-state index contributed by atoms with van der Waals surface area (Å²) in [6.45, 7) is 6.56. The summed E-state index contributed by atoms with van der Waals surface area (Å²) >= 11 is 0. The van der Waals surface area contributed by atoms with Gasteiger partial charge in [0.2, 0.25) is 5.88 Å². The molecule has 1 aliphatic rings. The van der Waals surface area contributed by atoms with E-state index in [4.69, 9.17) is 9.47 Å². The molecule has 1 aliphatic heterocycles. The first kappa shape index (κ1) is 19.9. The Morgan fingerprint density at radius 3 is 2.68 bits per heavy atom. The van der Waals surface area contributed by atoms with E-state index in [2.05, 4.69) is 20.2 Å². The van der Waals surface area contributed by atoms with Crippen molar-refractivity contribution in [2.45, 2.75) is 33.1 Å². The van der Waals surface area contributed by atoms with Crippen molar-refractivity contribution in [1.82, 2.24) is 15.3 Å². The van der Waals surface area contributed by atoms with Crippen molar-refractivity contribution >= 4 is 11.7 Å². The topological polar surface area (TPSA) is 76.6 Å². The zero-order valence-corrected chi connectivity index (χ0v) is 16.6. The summed E-state index contributed by atoms with van der Waals surface area (Å²) in [5.41, 5.74) is 1.00. The van der Waals surface area contributed by atoms with Crippen molar-refractivity contribution in [3.8, 4) is 11.6 Å². The van der Waals surface area contributed by atoms with Crippen LogP contribution in [0.5, 0.6) is 11.6 Å². The van der Waals surface area contributed by atoms with Crippen LogP contribution in [0.2, 0.25) is 0 Å². The molecule has 0 spiro atoms. The first-order valence-corrected chi connectivity index (χ1v) is 9.80. The highest BCUT2D eigenvalue weighted by molar-refractivity contribution is 5.77. The van der Waals surface area contributed by atoms with Crippen LogP contribution in [0.3, 0.4) is 0 Å². The number of nitrogens with zero attached hydrogens (tertiary/aromatic N) is 3. The number of anilines is 1. The average Bonchev–Trinajstić information content (AvgIpc) is 2.71. The van der Waals surface area contributed by atoms with Crippen LogP contribution >= 0.6 is 0 Å². The fraction of sp³-hybridized carbons (Fsp3) is 0.476.